The van der Waals surface area contributed by atoms with Gasteiger partial charge in [0.2, 0.25) is 0 Å². The quantitative estimate of drug-likeness (QED) is 0.641. The number of carbonyl (C=O) groups is 1. The maximum Gasteiger partial charge on any atom is 0.275 e. The first-order valence-electron chi connectivity index (χ1n) is 8.08. The van der Waals surface area contributed by atoms with E-state index < -0.39 is 0 Å². The zero-order valence-electron chi connectivity index (χ0n) is 14.4. The summed E-state index contributed by atoms with van der Waals surface area (Å²) in [6.07, 6.45) is 0. The molecule has 1 amide bonds. The summed E-state index contributed by atoms with van der Waals surface area (Å²) in [6.45, 7) is 4.21. The number of hydrogen-bond acceptors (Lipinski definition) is 5. The molecule has 5 nitrogen and oxygen atoms in total. The Kier molecular flexibility index (Phi) is 5.48. The summed E-state index contributed by atoms with van der Waals surface area (Å²) in [7, 11) is 0. The molecule has 3 aromatic rings. The molecule has 0 unspecified atom stereocenters. The van der Waals surface area contributed by atoms with Crippen molar-refractivity contribution in [1.82, 2.24) is 4.98 Å². The average Bonchev–Trinajstić information content (AvgIpc) is 3.09. The molecule has 1 heterocycles. The zero-order valence-corrected chi connectivity index (χ0v) is 15.2. The highest BCUT2D eigenvalue weighted by molar-refractivity contribution is 7.14. The Morgan fingerprint density at radius 3 is 2.62 bits per heavy atom. The van der Waals surface area contributed by atoms with Crippen molar-refractivity contribution in [2.45, 2.75) is 13.8 Å². The molecule has 0 aliphatic carbocycles. The van der Waals surface area contributed by atoms with Crippen LogP contribution < -0.4 is 15.4 Å². The predicted molar refractivity (Wildman–Crippen MR) is 102 cm³/mol. The highest BCUT2D eigenvalue weighted by Crippen LogP contribution is 2.23. The molecule has 0 saturated carbocycles. The third-order valence-electron chi connectivity index (χ3n) is 3.58. The van der Waals surface area contributed by atoms with E-state index in [2.05, 4.69) is 15.6 Å². The van der Waals surface area contributed by atoms with Gasteiger partial charge in [0.15, 0.2) is 5.13 Å². The van der Waals surface area contributed by atoms with Gasteiger partial charge in [0.05, 0.1) is 6.61 Å². The molecule has 0 saturated heterocycles. The van der Waals surface area contributed by atoms with Gasteiger partial charge in [-0.05, 0) is 55.8 Å². The third kappa shape index (κ3) is 4.37. The Labute approximate surface area is 154 Å². The Morgan fingerprint density at radius 2 is 1.92 bits per heavy atom. The molecule has 0 radical (unpaired) electrons. The lowest BCUT2D eigenvalue weighted by Crippen LogP contribution is -2.12. The fraction of sp³-hybridized carbons (Fsp3) is 0.158. The standard InChI is InChI=1S/C19H18FN3O2S/c1-3-25-15-8-6-13(7-9-15)22-19-23-17(11-26-19)18(24)21-14-5-4-12(2)16(20)10-14/h4-11H,3H2,1-2H3,(H,21,24)(H,22,23). The summed E-state index contributed by atoms with van der Waals surface area (Å²) in [5, 5.41) is 8.03. The Morgan fingerprint density at radius 1 is 1.19 bits per heavy atom. The fourth-order valence-corrected chi connectivity index (χ4v) is 2.94. The van der Waals surface area contributed by atoms with Crippen molar-refractivity contribution in [3.8, 4) is 5.75 Å². The van der Waals surface area contributed by atoms with Crippen molar-refractivity contribution in [3.05, 3.63) is 64.9 Å². The van der Waals surface area contributed by atoms with Crippen LogP contribution in [0.1, 0.15) is 23.0 Å². The van der Waals surface area contributed by atoms with Crippen molar-refractivity contribution in [2.75, 3.05) is 17.2 Å². The molecule has 7 heteroatoms. The molecule has 1 aromatic heterocycles. The molecule has 0 bridgehead atoms. The van der Waals surface area contributed by atoms with Crippen molar-refractivity contribution < 1.29 is 13.9 Å². The van der Waals surface area contributed by atoms with Crippen LogP contribution in [0.25, 0.3) is 0 Å². The van der Waals surface area contributed by atoms with Gasteiger partial charge in [0, 0.05) is 16.8 Å². The topological polar surface area (TPSA) is 63.2 Å². The van der Waals surface area contributed by atoms with E-state index in [-0.39, 0.29) is 17.4 Å². The summed E-state index contributed by atoms with van der Waals surface area (Å²) in [4.78, 5) is 16.5. The van der Waals surface area contributed by atoms with Crippen LogP contribution in [-0.2, 0) is 0 Å². The van der Waals surface area contributed by atoms with Crippen LogP contribution in [0.5, 0.6) is 5.75 Å². The van der Waals surface area contributed by atoms with Gasteiger partial charge in [0.25, 0.3) is 5.91 Å². The molecule has 26 heavy (non-hydrogen) atoms. The molecule has 3 rings (SSSR count). The minimum absolute atomic E-state index is 0.268. The van der Waals surface area contributed by atoms with Gasteiger partial charge < -0.3 is 15.4 Å². The van der Waals surface area contributed by atoms with Crippen molar-refractivity contribution in [1.29, 1.82) is 0 Å². The number of aromatic nitrogens is 1. The summed E-state index contributed by atoms with van der Waals surface area (Å²) >= 11 is 1.31. The lowest BCUT2D eigenvalue weighted by atomic mass is 10.2. The SMILES string of the molecule is CCOc1ccc(Nc2nc(C(=O)Nc3ccc(C)c(F)c3)cs2)cc1. The number of amides is 1. The zero-order chi connectivity index (χ0) is 18.5. The van der Waals surface area contributed by atoms with E-state index in [1.54, 1.807) is 24.4 Å². The molecule has 0 atom stereocenters. The summed E-state index contributed by atoms with van der Waals surface area (Å²) < 4.78 is 19.0. The molecule has 0 spiro atoms. The number of ether oxygens (including phenoxy) is 1. The second kappa shape index (κ2) is 7.97. The average molecular weight is 371 g/mol. The highest BCUT2D eigenvalue weighted by Gasteiger charge is 2.12. The second-order valence-electron chi connectivity index (χ2n) is 5.54. The van der Waals surface area contributed by atoms with Gasteiger partial charge in [-0.25, -0.2) is 9.37 Å². The molecule has 0 aliphatic rings. The smallest absolute Gasteiger partial charge is 0.275 e. The minimum Gasteiger partial charge on any atom is -0.494 e. The lowest BCUT2D eigenvalue weighted by molar-refractivity contribution is 0.102. The number of anilines is 3. The van der Waals surface area contributed by atoms with Crippen LogP contribution in [0.3, 0.4) is 0 Å². The van der Waals surface area contributed by atoms with E-state index >= 15 is 0 Å². The number of carbonyl (C=O) groups excluding carboxylic acids is 1. The fourth-order valence-electron chi connectivity index (χ4n) is 2.23. The van der Waals surface area contributed by atoms with Gasteiger partial charge in [-0.2, -0.15) is 0 Å². The first kappa shape index (κ1) is 17.9. The number of thiazole rings is 1. The van der Waals surface area contributed by atoms with Crippen LogP contribution in [0, 0.1) is 12.7 Å². The molecular weight excluding hydrogens is 353 g/mol. The van der Waals surface area contributed by atoms with E-state index in [1.807, 2.05) is 31.2 Å². The van der Waals surface area contributed by atoms with E-state index in [0.717, 1.165) is 11.4 Å². The van der Waals surface area contributed by atoms with Gasteiger partial charge >= 0.3 is 0 Å². The van der Waals surface area contributed by atoms with E-state index in [9.17, 15) is 9.18 Å². The predicted octanol–water partition coefficient (Wildman–Crippen LogP) is 4.99. The first-order chi connectivity index (χ1) is 12.5. The van der Waals surface area contributed by atoms with Crippen LogP contribution >= 0.6 is 11.3 Å². The molecular formula is C19H18FN3O2S. The highest BCUT2D eigenvalue weighted by atomic mass is 32.1. The Bertz CT molecular complexity index is 909. The van der Waals surface area contributed by atoms with Crippen LogP contribution in [0.2, 0.25) is 0 Å². The van der Waals surface area contributed by atoms with Crippen molar-refractivity contribution in [3.63, 3.8) is 0 Å². The van der Waals surface area contributed by atoms with Gasteiger partial charge in [0.1, 0.15) is 17.3 Å². The first-order valence-corrected chi connectivity index (χ1v) is 8.96. The number of hydrogen-bond donors (Lipinski definition) is 2. The normalized spacial score (nSPS) is 10.4. The van der Waals surface area contributed by atoms with Crippen molar-refractivity contribution in [2.24, 2.45) is 0 Å². The van der Waals surface area contributed by atoms with E-state index in [4.69, 9.17) is 4.74 Å². The second-order valence-corrected chi connectivity index (χ2v) is 6.40. The molecule has 2 aromatic carbocycles. The minimum atomic E-state index is -0.385. The Balaban J connectivity index is 1.64. The number of rotatable bonds is 6. The van der Waals surface area contributed by atoms with Crippen LogP contribution in [0.15, 0.2) is 47.8 Å². The lowest BCUT2D eigenvalue weighted by Gasteiger charge is -2.06. The Hall–Kier alpha value is -2.93. The van der Waals surface area contributed by atoms with E-state index in [1.165, 1.54) is 17.4 Å². The van der Waals surface area contributed by atoms with E-state index in [0.29, 0.717) is 23.0 Å². The maximum absolute atomic E-state index is 13.6. The number of halogens is 1. The third-order valence-corrected chi connectivity index (χ3v) is 4.34. The molecule has 2 N–H and O–H groups in total. The summed E-state index contributed by atoms with van der Waals surface area (Å²) in [6, 6.07) is 12.0. The summed E-state index contributed by atoms with van der Waals surface area (Å²) in [5.41, 5.74) is 2.03. The largest absolute Gasteiger partial charge is 0.494 e. The number of aryl methyl sites for hydroxylation is 1. The molecule has 134 valence electrons. The van der Waals surface area contributed by atoms with Gasteiger partial charge in [-0.15, -0.1) is 11.3 Å². The van der Waals surface area contributed by atoms with Gasteiger partial charge in [-0.1, -0.05) is 6.07 Å². The number of nitrogens with one attached hydrogen (secondary N) is 2. The number of benzene rings is 2. The van der Waals surface area contributed by atoms with Crippen LogP contribution in [0.4, 0.5) is 20.9 Å². The monoisotopic (exact) mass is 371 g/mol. The van der Waals surface area contributed by atoms with Crippen molar-refractivity contribution >= 4 is 33.8 Å². The molecule has 0 aliphatic heterocycles. The maximum atomic E-state index is 13.6. The van der Waals surface area contributed by atoms with Gasteiger partial charge in [-0.3, -0.25) is 4.79 Å². The summed E-state index contributed by atoms with van der Waals surface area (Å²) in [5.74, 6) is 0.0470. The number of nitrogens with zero attached hydrogens (tertiary/aromatic N) is 1. The van der Waals surface area contributed by atoms with Crippen LogP contribution in [-0.4, -0.2) is 17.5 Å². The molecule has 0 fully saturated rings.